The third kappa shape index (κ3) is 4.09. The van der Waals surface area contributed by atoms with Gasteiger partial charge in [0.15, 0.2) is 11.5 Å². The number of hydrogen-bond donors (Lipinski definition) is 1. The van der Waals surface area contributed by atoms with E-state index in [1.165, 1.54) is 7.11 Å². The predicted molar refractivity (Wildman–Crippen MR) is 116 cm³/mol. The number of hydrogen-bond acceptors (Lipinski definition) is 7. The fourth-order valence-electron chi connectivity index (χ4n) is 3.34. The average Bonchev–Trinajstić information content (AvgIpc) is 3.29. The number of anilines is 1. The van der Waals surface area contributed by atoms with E-state index in [4.69, 9.17) is 14.2 Å². The van der Waals surface area contributed by atoms with Crippen molar-refractivity contribution in [2.24, 2.45) is 0 Å². The molecule has 0 unspecified atom stereocenters. The number of thioether (sulfide) groups is 1. The largest absolute Gasteiger partial charge is 0.496 e. The summed E-state index contributed by atoms with van der Waals surface area (Å²) < 4.78 is 16.1. The van der Waals surface area contributed by atoms with Crippen LogP contribution in [0, 0.1) is 13.8 Å². The molecule has 0 atom stereocenters. The first-order valence-corrected chi connectivity index (χ1v) is 10.3. The fraction of sp³-hybridized carbons (Fsp3) is 0.227. The van der Waals surface area contributed by atoms with Gasteiger partial charge in [-0.2, -0.15) is 0 Å². The summed E-state index contributed by atoms with van der Waals surface area (Å²) in [6, 6.07) is 9.00. The number of amides is 3. The van der Waals surface area contributed by atoms with Crippen molar-refractivity contribution in [3.05, 3.63) is 51.9 Å². The van der Waals surface area contributed by atoms with E-state index in [-0.39, 0.29) is 18.2 Å². The highest BCUT2D eigenvalue weighted by atomic mass is 32.2. The summed E-state index contributed by atoms with van der Waals surface area (Å²) in [5.74, 6) is 0.571. The van der Waals surface area contributed by atoms with E-state index in [1.54, 1.807) is 18.2 Å². The van der Waals surface area contributed by atoms with E-state index in [0.29, 0.717) is 28.5 Å². The van der Waals surface area contributed by atoms with Crippen LogP contribution in [0.3, 0.4) is 0 Å². The molecule has 31 heavy (non-hydrogen) atoms. The molecule has 1 saturated heterocycles. The predicted octanol–water partition coefficient (Wildman–Crippen LogP) is 3.72. The van der Waals surface area contributed by atoms with Gasteiger partial charge in [-0.1, -0.05) is 18.2 Å². The molecule has 9 heteroatoms. The highest BCUT2D eigenvalue weighted by Crippen LogP contribution is 2.41. The Labute approximate surface area is 183 Å². The van der Waals surface area contributed by atoms with Crippen molar-refractivity contribution in [1.82, 2.24) is 4.90 Å². The molecule has 4 rings (SSSR count). The summed E-state index contributed by atoms with van der Waals surface area (Å²) in [5, 5.41) is 2.29. The summed E-state index contributed by atoms with van der Waals surface area (Å²) in [5.41, 5.74) is 3.05. The zero-order chi connectivity index (χ0) is 22.1. The van der Waals surface area contributed by atoms with E-state index in [0.717, 1.165) is 27.8 Å². The van der Waals surface area contributed by atoms with Crippen LogP contribution in [0.1, 0.15) is 16.7 Å². The molecule has 2 aromatic rings. The van der Waals surface area contributed by atoms with Crippen LogP contribution in [0.5, 0.6) is 17.2 Å². The first-order chi connectivity index (χ1) is 14.9. The van der Waals surface area contributed by atoms with E-state index in [1.807, 2.05) is 32.0 Å². The molecule has 0 bridgehead atoms. The third-order valence-electron chi connectivity index (χ3n) is 4.93. The van der Waals surface area contributed by atoms with Crippen LogP contribution < -0.4 is 19.5 Å². The van der Waals surface area contributed by atoms with Gasteiger partial charge in [0.1, 0.15) is 12.3 Å². The number of aryl methyl sites for hydroxylation is 2. The van der Waals surface area contributed by atoms with Crippen LogP contribution in [0.15, 0.2) is 35.2 Å². The Hall–Kier alpha value is -3.46. The lowest BCUT2D eigenvalue weighted by atomic mass is 10.1. The van der Waals surface area contributed by atoms with Gasteiger partial charge >= 0.3 is 0 Å². The van der Waals surface area contributed by atoms with Crippen molar-refractivity contribution in [2.45, 2.75) is 13.8 Å². The van der Waals surface area contributed by atoms with Gasteiger partial charge in [-0.25, -0.2) is 0 Å². The zero-order valence-electron chi connectivity index (χ0n) is 17.2. The molecule has 3 amide bonds. The lowest BCUT2D eigenvalue weighted by Crippen LogP contribution is -2.36. The number of fused-ring (bicyclic) bond motifs is 1. The summed E-state index contributed by atoms with van der Waals surface area (Å²) in [6.45, 7) is 3.50. The second-order valence-corrected chi connectivity index (χ2v) is 8.02. The quantitative estimate of drug-likeness (QED) is 0.708. The molecule has 0 aliphatic carbocycles. The van der Waals surface area contributed by atoms with Gasteiger partial charge in [-0.15, -0.1) is 0 Å². The van der Waals surface area contributed by atoms with Crippen LogP contribution >= 0.6 is 11.8 Å². The molecule has 2 heterocycles. The Bertz CT molecular complexity index is 1110. The second-order valence-electron chi connectivity index (χ2n) is 7.03. The van der Waals surface area contributed by atoms with E-state index in [9.17, 15) is 14.4 Å². The summed E-state index contributed by atoms with van der Waals surface area (Å²) in [7, 11) is 1.50. The van der Waals surface area contributed by atoms with Crippen molar-refractivity contribution in [1.29, 1.82) is 0 Å². The number of para-hydroxylation sites is 1. The number of benzene rings is 2. The van der Waals surface area contributed by atoms with Gasteiger partial charge in [0.2, 0.25) is 12.7 Å². The molecule has 2 aliphatic rings. The number of ether oxygens (including phenoxy) is 3. The number of nitrogens with zero attached hydrogens (tertiary/aromatic N) is 1. The summed E-state index contributed by atoms with van der Waals surface area (Å²) >= 11 is 0.775. The molecule has 2 aromatic carbocycles. The lowest BCUT2D eigenvalue weighted by molar-refractivity contribution is -0.127. The minimum atomic E-state index is -0.536. The molecule has 8 nitrogen and oxygen atoms in total. The smallest absolute Gasteiger partial charge is 0.294 e. The van der Waals surface area contributed by atoms with Gasteiger partial charge in [-0.05, 0) is 48.9 Å². The monoisotopic (exact) mass is 440 g/mol. The van der Waals surface area contributed by atoms with Gasteiger partial charge < -0.3 is 19.5 Å². The third-order valence-corrected chi connectivity index (χ3v) is 5.84. The van der Waals surface area contributed by atoms with Crippen molar-refractivity contribution < 1.29 is 28.6 Å². The highest BCUT2D eigenvalue weighted by molar-refractivity contribution is 8.18. The minimum Gasteiger partial charge on any atom is -0.496 e. The molecule has 0 spiro atoms. The lowest BCUT2D eigenvalue weighted by Gasteiger charge is -2.15. The molecule has 1 fully saturated rings. The van der Waals surface area contributed by atoms with Crippen LogP contribution in [0.2, 0.25) is 0 Å². The van der Waals surface area contributed by atoms with Crippen LogP contribution in [-0.2, 0) is 9.59 Å². The van der Waals surface area contributed by atoms with Crippen molar-refractivity contribution in [3.8, 4) is 17.2 Å². The Balaban J connectivity index is 1.52. The molecule has 0 aromatic heterocycles. The number of carbonyl (C=O) groups is 3. The van der Waals surface area contributed by atoms with Gasteiger partial charge in [0.25, 0.3) is 11.1 Å². The number of imide groups is 1. The molecule has 2 aliphatic heterocycles. The fourth-order valence-corrected chi connectivity index (χ4v) is 4.17. The molecule has 0 saturated carbocycles. The maximum absolute atomic E-state index is 12.8. The van der Waals surface area contributed by atoms with Gasteiger partial charge in [0.05, 0.1) is 12.0 Å². The van der Waals surface area contributed by atoms with E-state index < -0.39 is 17.1 Å². The number of rotatable bonds is 5. The van der Waals surface area contributed by atoms with Crippen LogP contribution in [0.25, 0.3) is 6.08 Å². The second kappa shape index (κ2) is 8.35. The number of nitrogens with one attached hydrogen (secondary N) is 1. The Morgan fingerprint density at radius 1 is 1.19 bits per heavy atom. The number of carbonyl (C=O) groups excluding carboxylic acids is 3. The molecule has 160 valence electrons. The highest BCUT2D eigenvalue weighted by Gasteiger charge is 2.36. The summed E-state index contributed by atoms with van der Waals surface area (Å²) in [4.78, 5) is 38.9. The number of methoxy groups -OCH3 is 1. The van der Waals surface area contributed by atoms with Crippen LogP contribution in [0.4, 0.5) is 10.5 Å². The van der Waals surface area contributed by atoms with Crippen LogP contribution in [-0.4, -0.2) is 42.4 Å². The first-order valence-electron chi connectivity index (χ1n) is 9.46. The summed E-state index contributed by atoms with van der Waals surface area (Å²) in [6.07, 6.45) is 1.55. The van der Waals surface area contributed by atoms with E-state index >= 15 is 0 Å². The Morgan fingerprint density at radius 2 is 1.87 bits per heavy atom. The van der Waals surface area contributed by atoms with E-state index in [2.05, 4.69) is 5.32 Å². The molecular weight excluding hydrogens is 420 g/mol. The van der Waals surface area contributed by atoms with Gasteiger partial charge in [-0.3, -0.25) is 19.3 Å². The maximum Gasteiger partial charge on any atom is 0.294 e. The maximum atomic E-state index is 12.8. The molecule has 1 N–H and O–H groups in total. The first kappa shape index (κ1) is 20.8. The standard InChI is InChI=1S/C22H20N2O6S/c1-12-5-4-6-13(2)20(12)23-19(25)10-24-21(26)18(31-22(24)27)8-14-7-16-17(30-11-29-16)9-15(14)28-3/h4-9H,10-11H2,1-3H3,(H,23,25)/b18-8+. The molecular formula is C22H20N2O6S. The Kier molecular flexibility index (Phi) is 5.60. The topological polar surface area (TPSA) is 94.2 Å². The van der Waals surface area contributed by atoms with Crippen molar-refractivity contribution >= 4 is 40.6 Å². The molecule has 0 radical (unpaired) electrons. The normalized spacial score (nSPS) is 16.2. The zero-order valence-corrected chi connectivity index (χ0v) is 18.0. The van der Waals surface area contributed by atoms with Gasteiger partial charge in [0, 0.05) is 17.3 Å². The minimum absolute atomic E-state index is 0.105. The average molecular weight is 440 g/mol. The Morgan fingerprint density at radius 3 is 2.55 bits per heavy atom. The van der Waals surface area contributed by atoms with Crippen molar-refractivity contribution in [3.63, 3.8) is 0 Å². The van der Waals surface area contributed by atoms with Crippen molar-refractivity contribution in [2.75, 3.05) is 25.8 Å². The SMILES string of the molecule is COc1cc2c(cc1/C=C1/SC(=O)N(CC(=O)Nc3c(C)cccc3C)C1=O)OCO2.